The summed E-state index contributed by atoms with van der Waals surface area (Å²) >= 11 is 0. The van der Waals surface area contributed by atoms with E-state index < -0.39 is 24.0 Å². The van der Waals surface area contributed by atoms with Gasteiger partial charge in [-0.2, -0.15) is 18.3 Å². The van der Waals surface area contributed by atoms with Gasteiger partial charge in [0, 0.05) is 17.1 Å². The number of hydrogen-bond donors (Lipinski definition) is 1. The van der Waals surface area contributed by atoms with Crippen LogP contribution in [0.15, 0.2) is 72.0 Å². The van der Waals surface area contributed by atoms with Gasteiger partial charge >= 0.3 is 6.18 Å². The number of anilines is 1. The first-order valence-electron chi connectivity index (χ1n) is 7.95. The molecule has 0 bridgehead atoms. The molecule has 132 valence electrons. The van der Waals surface area contributed by atoms with E-state index in [1.165, 1.54) is 0 Å². The smallest absolute Gasteiger partial charge is 0.365 e. The molecule has 0 radical (unpaired) electrons. The van der Waals surface area contributed by atoms with Crippen molar-refractivity contribution in [3.05, 3.63) is 72.4 Å². The fraction of sp³-hybridized carbons (Fsp3) is 0.158. The van der Waals surface area contributed by atoms with E-state index in [9.17, 15) is 18.3 Å². The maximum Gasteiger partial charge on any atom is 0.431 e. The summed E-state index contributed by atoms with van der Waals surface area (Å²) in [5, 5.41) is 16.8. The second-order valence-corrected chi connectivity index (χ2v) is 6.10. The third kappa shape index (κ3) is 2.70. The van der Waals surface area contributed by atoms with Gasteiger partial charge in [0.1, 0.15) is 5.71 Å². The number of halogens is 3. The Balaban J connectivity index is 1.86. The molecule has 0 saturated heterocycles. The number of alkyl halides is 3. The van der Waals surface area contributed by atoms with Gasteiger partial charge in [-0.25, -0.2) is 5.01 Å². The topological polar surface area (TPSA) is 48.7 Å². The highest BCUT2D eigenvalue weighted by Gasteiger charge is 2.51. The maximum absolute atomic E-state index is 13.3. The van der Waals surface area contributed by atoms with Crippen LogP contribution in [0.1, 0.15) is 12.0 Å². The van der Waals surface area contributed by atoms with Gasteiger partial charge < -0.3 is 5.11 Å². The summed E-state index contributed by atoms with van der Waals surface area (Å²) < 4.78 is 39.8. The molecule has 3 aromatic rings. The number of aliphatic hydroxyl groups is 1. The molecule has 0 saturated carbocycles. The molecule has 2 aromatic carbocycles. The summed E-state index contributed by atoms with van der Waals surface area (Å²) in [5.74, 6) is 0. The SMILES string of the molecule is OC1(c2ccccc2)CC(C(F)(F)F)=NN1c1ccc2cccnc2c1. The zero-order valence-corrected chi connectivity index (χ0v) is 13.5. The zero-order chi connectivity index (χ0) is 18.4. The molecule has 2 heterocycles. The number of aromatic nitrogens is 1. The Bertz CT molecular complexity index is 988. The van der Waals surface area contributed by atoms with Crippen molar-refractivity contribution in [3.63, 3.8) is 0 Å². The lowest BCUT2D eigenvalue weighted by Crippen LogP contribution is -2.40. The molecule has 1 aromatic heterocycles. The fourth-order valence-electron chi connectivity index (χ4n) is 3.09. The molecule has 1 unspecified atom stereocenters. The molecule has 0 aliphatic carbocycles. The minimum atomic E-state index is -4.62. The lowest BCUT2D eigenvalue weighted by molar-refractivity contribution is -0.0626. The maximum atomic E-state index is 13.3. The van der Waals surface area contributed by atoms with Crippen molar-refractivity contribution in [2.75, 3.05) is 5.01 Å². The quantitative estimate of drug-likeness (QED) is 0.747. The predicted octanol–water partition coefficient (Wildman–Crippen LogP) is 4.21. The van der Waals surface area contributed by atoms with Crippen LogP contribution in [0.4, 0.5) is 18.9 Å². The third-order valence-electron chi connectivity index (χ3n) is 4.38. The summed E-state index contributed by atoms with van der Waals surface area (Å²) in [6.45, 7) is 0. The zero-order valence-electron chi connectivity index (χ0n) is 13.5. The van der Waals surface area contributed by atoms with Gasteiger partial charge in [-0.05, 0) is 18.2 Å². The molecule has 1 N–H and O–H groups in total. The molecule has 4 rings (SSSR count). The lowest BCUT2D eigenvalue weighted by atomic mass is 9.96. The normalized spacial score (nSPS) is 20.5. The van der Waals surface area contributed by atoms with Crippen LogP contribution in [0, 0.1) is 0 Å². The molecule has 26 heavy (non-hydrogen) atoms. The summed E-state index contributed by atoms with van der Waals surface area (Å²) in [4.78, 5) is 4.22. The van der Waals surface area contributed by atoms with Gasteiger partial charge in [0.2, 0.25) is 0 Å². The van der Waals surface area contributed by atoms with Gasteiger partial charge in [-0.1, -0.05) is 42.5 Å². The number of hydrazone groups is 1. The van der Waals surface area contributed by atoms with Crippen molar-refractivity contribution in [2.45, 2.75) is 18.3 Å². The number of nitrogens with zero attached hydrogens (tertiary/aromatic N) is 3. The van der Waals surface area contributed by atoms with E-state index in [2.05, 4.69) is 10.1 Å². The van der Waals surface area contributed by atoms with Crippen LogP contribution in [0.3, 0.4) is 0 Å². The van der Waals surface area contributed by atoms with Gasteiger partial charge in [-0.3, -0.25) is 4.98 Å². The van der Waals surface area contributed by atoms with E-state index >= 15 is 0 Å². The van der Waals surface area contributed by atoms with Crippen molar-refractivity contribution >= 4 is 22.3 Å². The Morgan fingerprint density at radius 3 is 2.50 bits per heavy atom. The molecule has 1 aliphatic heterocycles. The van der Waals surface area contributed by atoms with Crippen LogP contribution in [-0.2, 0) is 5.72 Å². The van der Waals surface area contributed by atoms with Crippen LogP contribution in [0.25, 0.3) is 10.9 Å². The molecular weight excluding hydrogens is 343 g/mol. The van der Waals surface area contributed by atoms with Crippen molar-refractivity contribution < 1.29 is 18.3 Å². The average Bonchev–Trinajstić information content (AvgIpc) is 3.01. The van der Waals surface area contributed by atoms with E-state index in [4.69, 9.17) is 0 Å². The summed E-state index contributed by atoms with van der Waals surface area (Å²) in [5.41, 5.74) is -1.67. The van der Waals surface area contributed by atoms with Gasteiger partial charge in [0.15, 0.2) is 5.72 Å². The van der Waals surface area contributed by atoms with Gasteiger partial charge in [0.05, 0.1) is 17.6 Å². The molecule has 0 spiro atoms. The first-order valence-corrected chi connectivity index (χ1v) is 7.95. The molecule has 0 fully saturated rings. The Kier molecular flexibility index (Phi) is 3.69. The minimum Gasteiger partial charge on any atom is -0.365 e. The Morgan fingerprint density at radius 2 is 1.77 bits per heavy atom. The van der Waals surface area contributed by atoms with Crippen molar-refractivity contribution in [2.24, 2.45) is 5.10 Å². The van der Waals surface area contributed by atoms with Crippen molar-refractivity contribution in [1.29, 1.82) is 0 Å². The number of hydrogen-bond acceptors (Lipinski definition) is 4. The Morgan fingerprint density at radius 1 is 1.00 bits per heavy atom. The van der Waals surface area contributed by atoms with Gasteiger partial charge in [0.25, 0.3) is 0 Å². The monoisotopic (exact) mass is 357 g/mol. The van der Waals surface area contributed by atoms with Crippen molar-refractivity contribution in [1.82, 2.24) is 4.98 Å². The minimum absolute atomic E-state index is 0.335. The first kappa shape index (κ1) is 16.5. The molecule has 0 amide bonds. The van der Waals surface area contributed by atoms with Crippen LogP contribution < -0.4 is 5.01 Å². The third-order valence-corrected chi connectivity index (χ3v) is 4.38. The molecule has 7 heteroatoms. The van der Waals surface area contributed by atoms with E-state index in [1.807, 2.05) is 6.07 Å². The van der Waals surface area contributed by atoms with E-state index in [0.29, 0.717) is 16.8 Å². The van der Waals surface area contributed by atoms with E-state index in [-0.39, 0.29) is 0 Å². The Hall–Kier alpha value is -2.93. The second kappa shape index (κ2) is 5.81. The highest BCUT2D eigenvalue weighted by Crippen LogP contribution is 2.42. The van der Waals surface area contributed by atoms with Crippen LogP contribution in [0.2, 0.25) is 0 Å². The number of pyridine rings is 1. The van der Waals surface area contributed by atoms with Crippen LogP contribution >= 0.6 is 0 Å². The molecule has 1 atom stereocenters. The molecule has 1 aliphatic rings. The van der Waals surface area contributed by atoms with Crippen LogP contribution in [-0.4, -0.2) is 22.0 Å². The number of benzene rings is 2. The molecule has 4 nitrogen and oxygen atoms in total. The van der Waals surface area contributed by atoms with Gasteiger partial charge in [-0.15, -0.1) is 0 Å². The summed E-state index contributed by atoms with van der Waals surface area (Å²) in [7, 11) is 0. The highest BCUT2D eigenvalue weighted by atomic mass is 19.4. The fourth-order valence-corrected chi connectivity index (χ4v) is 3.09. The number of fused-ring (bicyclic) bond motifs is 1. The Labute approximate surface area is 147 Å². The predicted molar refractivity (Wildman–Crippen MR) is 92.7 cm³/mol. The second-order valence-electron chi connectivity index (χ2n) is 6.10. The summed E-state index contributed by atoms with van der Waals surface area (Å²) in [6, 6.07) is 16.8. The molecular formula is C19H14F3N3O. The largest absolute Gasteiger partial charge is 0.431 e. The van der Waals surface area contributed by atoms with Crippen molar-refractivity contribution in [3.8, 4) is 0 Å². The number of rotatable bonds is 2. The van der Waals surface area contributed by atoms with E-state index in [1.54, 1.807) is 60.8 Å². The summed E-state index contributed by atoms with van der Waals surface area (Å²) in [6.07, 6.45) is -3.67. The lowest BCUT2D eigenvalue weighted by Gasteiger charge is -2.33. The van der Waals surface area contributed by atoms with Crippen LogP contribution in [0.5, 0.6) is 0 Å². The average molecular weight is 357 g/mol. The first-order chi connectivity index (χ1) is 12.4. The van der Waals surface area contributed by atoms with E-state index in [0.717, 1.165) is 10.4 Å². The standard InChI is InChI=1S/C19H14F3N3O/c20-19(21,22)17-12-18(26,14-6-2-1-3-7-14)25(24-17)15-9-8-13-5-4-10-23-16(13)11-15/h1-11,26H,12H2. The highest BCUT2D eigenvalue weighted by molar-refractivity contribution is 5.94.